The highest BCUT2D eigenvalue weighted by molar-refractivity contribution is 7.89. The van der Waals surface area contributed by atoms with Gasteiger partial charge in [0.05, 0.1) is 4.99 Å². The van der Waals surface area contributed by atoms with Gasteiger partial charge in [-0.2, -0.15) is 0 Å². The van der Waals surface area contributed by atoms with Gasteiger partial charge in [0, 0.05) is 25.2 Å². The highest BCUT2D eigenvalue weighted by Gasteiger charge is 2.20. The summed E-state index contributed by atoms with van der Waals surface area (Å²) in [4.78, 5) is 4.36. The van der Waals surface area contributed by atoms with E-state index < -0.39 is 10.0 Å². The summed E-state index contributed by atoms with van der Waals surface area (Å²) in [5, 5.41) is 0.0357. The summed E-state index contributed by atoms with van der Waals surface area (Å²) in [6.45, 7) is 6.50. The Kier molecular flexibility index (Phi) is 5.45. The van der Waals surface area contributed by atoms with Crippen LogP contribution in [0.2, 0.25) is 0 Å². The average Bonchev–Trinajstić information content (AvgIpc) is 2.69. The van der Waals surface area contributed by atoms with Gasteiger partial charge >= 0.3 is 0 Å². The van der Waals surface area contributed by atoms with Gasteiger partial charge in [0.25, 0.3) is 10.0 Å². The van der Waals surface area contributed by atoms with Crippen LogP contribution >= 0.6 is 12.2 Å². The fourth-order valence-electron chi connectivity index (χ4n) is 1.49. The Balaban J connectivity index is 2.83. The lowest BCUT2D eigenvalue weighted by atomic mass is 10.2. The molecule has 1 rings (SSSR count). The van der Waals surface area contributed by atoms with Crippen molar-refractivity contribution in [2.45, 2.75) is 38.8 Å². The molecule has 3 N–H and O–H groups in total. The highest BCUT2D eigenvalue weighted by atomic mass is 32.2. The molecule has 8 heteroatoms. The van der Waals surface area contributed by atoms with E-state index in [-0.39, 0.29) is 22.5 Å². The topological polar surface area (TPSA) is 90.0 Å². The molecule has 19 heavy (non-hydrogen) atoms. The Morgan fingerprint density at radius 2 is 2.26 bits per heavy atom. The van der Waals surface area contributed by atoms with Crippen molar-refractivity contribution in [1.29, 1.82) is 0 Å². The van der Waals surface area contributed by atoms with Crippen LogP contribution in [0.25, 0.3) is 0 Å². The number of nitrogens with two attached hydrogens (primary N) is 1. The smallest absolute Gasteiger partial charge is 0.259 e. The van der Waals surface area contributed by atoms with Crippen molar-refractivity contribution in [3.63, 3.8) is 0 Å². The molecule has 0 amide bonds. The van der Waals surface area contributed by atoms with Crippen LogP contribution < -0.4 is 10.5 Å². The third kappa shape index (κ3) is 4.26. The quantitative estimate of drug-likeness (QED) is 0.727. The molecule has 1 aromatic rings. The number of thiocarbonyl (C=S) groups is 1. The molecule has 1 unspecified atom stereocenters. The van der Waals surface area contributed by atoms with E-state index >= 15 is 0 Å². The van der Waals surface area contributed by atoms with Crippen molar-refractivity contribution in [3.05, 3.63) is 12.0 Å². The van der Waals surface area contributed by atoms with Crippen LogP contribution in [-0.2, 0) is 16.6 Å². The number of nitrogens with one attached hydrogen (secondary N) is 1. The number of imidazole rings is 1. The standard InChI is InChI=1S/C11H20N4O2S2/c1-4-5-15-7-10(14-9(15)3)19(16,17)13-6-8(2)11(12)18/h7-8,13H,4-6H2,1-3H3,(H2,12,18). The molecular weight excluding hydrogens is 284 g/mol. The maximum absolute atomic E-state index is 12.1. The van der Waals surface area contributed by atoms with Crippen LogP contribution in [0.15, 0.2) is 11.2 Å². The third-order valence-corrected chi connectivity index (χ3v) is 4.46. The van der Waals surface area contributed by atoms with Crippen LogP contribution in [0.4, 0.5) is 0 Å². The molecule has 0 spiro atoms. The van der Waals surface area contributed by atoms with E-state index in [0.717, 1.165) is 13.0 Å². The van der Waals surface area contributed by atoms with Crippen molar-refractivity contribution in [2.75, 3.05) is 6.54 Å². The SMILES string of the molecule is CCCn1cc(S(=O)(=O)NCC(C)C(N)=S)nc1C. The fraction of sp³-hybridized carbons (Fsp3) is 0.636. The number of hydrogen-bond acceptors (Lipinski definition) is 4. The largest absolute Gasteiger partial charge is 0.393 e. The molecule has 1 atom stereocenters. The summed E-state index contributed by atoms with van der Waals surface area (Å²) in [6, 6.07) is 0. The molecule has 0 saturated heterocycles. The van der Waals surface area contributed by atoms with Gasteiger partial charge in [-0.3, -0.25) is 0 Å². The van der Waals surface area contributed by atoms with Crippen molar-refractivity contribution in [3.8, 4) is 0 Å². The first kappa shape index (κ1) is 16.1. The lowest BCUT2D eigenvalue weighted by Gasteiger charge is -2.09. The Morgan fingerprint density at radius 1 is 1.63 bits per heavy atom. The zero-order valence-corrected chi connectivity index (χ0v) is 13.0. The number of nitrogens with zero attached hydrogens (tertiary/aromatic N) is 2. The van der Waals surface area contributed by atoms with Crippen LogP contribution in [0.5, 0.6) is 0 Å². The number of aromatic nitrogens is 2. The van der Waals surface area contributed by atoms with Crippen molar-refractivity contribution < 1.29 is 8.42 Å². The zero-order chi connectivity index (χ0) is 14.6. The molecule has 0 saturated carbocycles. The first-order chi connectivity index (χ1) is 8.77. The molecule has 108 valence electrons. The number of rotatable bonds is 7. The molecule has 0 radical (unpaired) electrons. The first-order valence-corrected chi connectivity index (χ1v) is 7.99. The second-order valence-corrected chi connectivity index (χ2v) is 6.66. The predicted molar refractivity (Wildman–Crippen MR) is 78.4 cm³/mol. The van der Waals surface area contributed by atoms with E-state index in [1.54, 1.807) is 20.0 Å². The Labute approximate surface area is 119 Å². The van der Waals surface area contributed by atoms with Gasteiger partial charge in [-0.05, 0) is 13.3 Å². The molecule has 0 bridgehead atoms. The van der Waals surface area contributed by atoms with E-state index in [2.05, 4.69) is 9.71 Å². The van der Waals surface area contributed by atoms with Crippen molar-refractivity contribution >= 4 is 27.2 Å². The maximum atomic E-state index is 12.1. The summed E-state index contributed by atoms with van der Waals surface area (Å²) in [6.07, 6.45) is 2.47. The van der Waals surface area contributed by atoms with Crippen molar-refractivity contribution in [1.82, 2.24) is 14.3 Å². The van der Waals surface area contributed by atoms with Crippen LogP contribution in [0, 0.1) is 12.8 Å². The summed E-state index contributed by atoms with van der Waals surface area (Å²) >= 11 is 4.81. The second kappa shape index (κ2) is 6.44. The number of sulfonamides is 1. The minimum atomic E-state index is -3.61. The molecule has 0 aliphatic heterocycles. The monoisotopic (exact) mass is 304 g/mol. The number of hydrogen-bond donors (Lipinski definition) is 2. The molecule has 0 aliphatic rings. The first-order valence-electron chi connectivity index (χ1n) is 6.10. The lowest BCUT2D eigenvalue weighted by Crippen LogP contribution is -2.33. The van der Waals surface area contributed by atoms with Gasteiger partial charge in [-0.15, -0.1) is 0 Å². The van der Waals surface area contributed by atoms with Crippen LogP contribution in [0.1, 0.15) is 26.1 Å². The van der Waals surface area contributed by atoms with Gasteiger partial charge in [-0.25, -0.2) is 18.1 Å². The molecule has 0 aliphatic carbocycles. The van der Waals surface area contributed by atoms with Crippen LogP contribution in [0.3, 0.4) is 0 Å². The minimum Gasteiger partial charge on any atom is -0.393 e. The van der Waals surface area contributed by atoms with Gasteiger partial charge in [0.15, 0.2) is 5.03 Å². The highest BCUT2D eigenvalue weighted by Crippen LogP contribution is 2.10. The van der Waals surface area contributed by atoms with Crippen molar-refractivity contribution in [2.24, 2.45) is 11.7 Å². The zero-order valence-electron chi connectivity index (χ0n) is 11.4. The summed E-state index contributed by atoms with van der Waals surface area (Å²) in [5.74, 6) is 0.494. The van der Waals surface area contributed by atoms with Gasteiger partial charge in [-0.1, -0.05) is 26.1 Å². The summed E-state index contributed by atoms with van der Waals surface area (Å²) in [7, 11) is -3.61. The van der Waals surface area contributed by atoms with Gasteiger partial charge in [0.1, 0.15) is 5.82 Å². The normalized spacial score (nSPS) is 13.4. The fourth-order valence-corrected chi connectivity index (χ4v) is 2.70. The third-order valence-electron chi connectivity index (χ3n) is 2.76. The Hall–Kier alpha value is -0.990. The summed E-state index contributed by atoms with van der Waals surface area (Å²) < 4.78 is 28.4. The van der Waals surface area contributed by atoms with E-state index in [4.69, 9.17) is 18.0 Å². The maximum Gasteiger partial charge on any atom is 0.259 e. The molecule has 1 heterocycles. The van der Waals surface area contributed by atoms with Crippen LogP contribution in [-0.4, -0.2) is 29.5 Å². The second-order valence-electron chi connectivity index (χ2n) is 4.48. The Morgan fingerprint density at radius 3 is 2.79 bits per heavy atom. The molecule has 0 aromatic carbocycles. The Bertz CT molecular complexity index is 551. The van der Waals surface area contributed by atoms with E-state index in [9.17, 15) is 8.42 Å². The van der Waals surface area contributed by atoms with E-state index in [0.29, 0.717) is 5.82 Å². The minimum absolute atomic E-state index is 0.0357. The number of aryl methyl sites for hydroxylation is 2. The van der Waals surface area contributed by atoms with E-state index in [1.165, 1.54) is 0 Å². The molecular formula is C11H20N4O2S2. The van der Waals surface area contributed by atoms with Gasteiger partial charge in [0.2, 0.25) is 0 Å². The average molecular weight is 304 g/mol. The summed E-state index contributed by atoms with van der Waals surface area (Å²) in [5.41, 5.74) is 5.45. The van der Waals surface area contributed by atoms with E-state index in [1.807, 2.05) is 11.5 Å². The molecule has 1 aromatic heterocycles. The molecule has 0 fully saturated rings. The van der Waals surface area contributed by atoms with Gasteiger partial charge < -0.3 is 10.3 Å². The lowest BCUT2D eigenvalue weighted by molar-refractivity contribution is 0.571. The predicted octanol–water partition coefficient (Wildman–Crippen LogP) is 0.802. The molecule has 6 nitrogen and oxygen atoms in total.